The van der Waals surface area contributed by atoms with Gasteiger partial charge in [0.15, 0.2) is 0 Å². The smallest absolute Gasteiger partial charge is 0.218 e. The molecule has 2 rings (SSSR count). The number of rotatable bonds is 5. The highest BCUT2D eigenvalue weighted by Gasteiger charge is 2.28. The first-order chi connectivity index (χ1) is 9.11. The van der Waals surface area contributed by atoms with Crippen LogP contribution >= 0.6 is 0 Å². The Balaban J connectivity index is 1.80. The van der Waals surface area contributed by atoms with Crippen LogP contribution < -0.4 is 10.1 Å². The maximum absolute atomic E-state index is 5.93. The van der Waals surface area contributed by atoms with Crippen LogP contribution in [0, 0.1) is 0 Å². The summed E-state index contributed by atoms with van der Waals surface area (Å²) in [5, 5.41) is 3.35. The minimum absolute atomic E-state index is 0.0893. The predicted molar refractivity (Wildman–Crippen MR) is 72.3 cm³/mol. The molecule has 0 radical (unpaired) electrons. The lowest BCUT2D eigenvalue weighted by atomic mass is 10.1. The normalized spacial score (nSPS) is 22.2. The predicted octanol–water partition coefficient (Wildman–Crippen LogP) is 1.37. The third-order valence-electron chi connectivity index (χ3n) is 3.01. The number of morpholine rings is 1. The highest BCUT2D eigenvalue weighted by atomic mass is 16.5. The molecule has 2 heterocycles. The second kappa shape index (κ2) is 6.32. The second-order valence-electron chi connectivity index (χ2n) is 5.32. The van der Waals surface area contributed by atoms with Crippen LogP contribution in [0.2, 0.25) is 0 Å². The summed E-state index contributed by atoms with van der Waals surface area (Å²) < 4.78 is 16.8. The fourth-order valence-electron chi connectivity index (χ4n) is 2.18. The van der Waals surface area contributed by atoms with Gasteiger partial charge in [0, 0.05) is 24.8 Å². The van der Waals surface area contributed by atoms with Gasteiger partial charge >= 0.3 is 0 Å². The standard InChI is InChI=1S/C14H22N2O3/c1-14(2)10-15-7-12(19-14)9-18-8-11-5-4-6-16-13(11)17-3/h4-6,12,15H,7-10H2,1-3H3. The number of ether oxygens (including phenoxy) is 3. The molecule has 0 spiro atoms. The van der Waals surface area contributed by atoms with Gasteiger partial charge in [-0.25, -0.2) is 4.98 Å². The van der Waals surface area contributed by atoms with Crippen molar-refractivity contribution >= 4 is 0 Å². The molecular weight excluding hydrogens is 244 g/mol. The van der Waals surface area contributed by atoms with Gasteiger partial charge < -0.3 is 19.5 Å². The van der Waals surface area contributed by atoms with Gasteiger partial charge in [-0.3, -0.25) is 0 Å². The van der Waals surface area contributed by atoms with Crippen LogP contribution in [-0.2, 0) is 16.1 Å². The van der Waals surface area contributed by atoms with Crippen molar-refractivity contribution in [2.45, 2.75) is 32.2 Å². The van der Waals surface area contributed by atoms with E-state index >= 15 is 0 Å². The Morgan fingerprint density at radius 3 is 3.11 bits per heavy atom. The largest absolute Gasteiger partial charge is 0.481 e. The van der Waals surface area contributed by atoms with Crippen molar-refractivity contribution in [3.05, 3.63) is 23.9 Å². The van der Waals surface area contributed by atoms with E-state index in [0.29, 0.717) is 19.1 Å². The molecule has 5 nitrogen and oxygen atoms in total. The summed E-state index contributed by atoms with van der Waals surface area (Å²) in [4.78, 5) is 4.14. The summed E-state index contributed by atoms with van der Waals surface area (Å²) in [6.07, 6.45) is 1.80. The summed E-state index contributed by atoms with van der Waals surface area (Å²) >= 11 is 0. The van der Waals surface area contributed by atoms with Crippen molar-refractivity contribution in [3.8, 4) is 5.88 Å². The molecule has 0 saturated carbocycles. The Kier molecular flexibility index (Phi) is 4.74. The molecule has 1 N–H and O–H groups in total. The molecule has 0 amide bonds. The average Bonchev–Trinajstić information content (AvgIpc) is 2.38. The Labute approximate surface area is 114 Å². The van der Waals surface area contributed by atoms with E-state index in [0.717, 1.165) is 18.7 Å². The Hall–Kier alpha value is -1.17. The maximum atomic E-state index is 5.93. The number of aromatic nitrogens is 1. The zero-order valence-corrected chi connectivity index (χ0v) is 11.8. The highest BCUT2D eigenvalue weighted by Crippen LogP contribution is 2.17. The fraction of sp³-hybridized carbons (Fsp3) is 0.643. The van der Waals surface area contributed by atoms with E-state index in [1.807, 2.05) is 12.1 Å². The number of hydrogen-bond acceptors (Lipinski definition) is 5. The summed E-state index contributed by atoms with van der Waals surface area (Å²) in [5.41, 5.74) is 0.825. The van der Waals surface area contributed by atoms with Crippen LogP contribution in [0.4, 0.5) is 0 Å². The molecule has 1 aliphatic rings. The first-order valence-corrected chi connectivity index (χ1v) is 6.55. The van der Waals surface area contributed by atoms with Gasteiger partial charge in [0.25, 0.3) is 0 Å². The van der Waals surface area contributed by atoms with E-state index in [1.54, 1.807) is 13.3 Å². The monoisotopic (exact) mass is 266 g/mol. The molecule has 1 saturated heterocycles. The van der Waals surface area contributed by atoms with Gasteiger partial charge in [-0.1, -0.05) is 0 Å². The third-order valence-corrected chi connectivity index (χ3v) is 3.01. The third kappa shape index (κ3) is 4.16. The SMILES string of the molecule is COc1ncccc1COCC1CNCC(C)(C)O1. The van der Waals surface area contributed by atoms with Gasteiger partial charge in [-0.2, -0.15) is 0 Å². The molecule has 1 aliphatic heterocycles. The van der Waals surface area contributed by atoms with E-state index in [4.69, 9.17) is 14.2 Å². The molecule has 0 aliphatic carbocycles. The van der Waals surface area contributed by atoms with Crippen molar-refractivity contribution in [2.75, 3.05) is 26.8 Å². The molecule has 0 bridgehead atoms. The van der Waals surface area contributed by atoms with Crippen LogP contribution in [0.3, 0.4) is 0 Å². The van der Waals surface area contributed by atoms with Crippen LogP contribution in [0.15, 0.2) is 18.3 Å². The summed E-state index contributed by atoms with van der Waals surface area (Å²) in [5.74, 6) is 0.616. The van der Waals surface area contributed by atoms with E-state index in [9.17, 15) is 0 Å². The number of pyridine rings is 1. The zero-order valence-electron chi connectivity index (χ0n) is 11.8. The fourth-order valence-corrected chi connectivity index (χ4v) is 2.18. The number of hydrogen-bond donors (Lipinski definition) is 1. The number of nitrogens with zero attached hydrogens (tertiary/aromatic N) is 1. The Bertz CT molecular complexity index is 409. The van der Waals surface area contributed by atoms with Crippen molar-refractivity contribution in [1.82, 2.24) is 10.3 Å². The van der Waals surface area contributed by atoms with E-state index in [2.05, 4.69) is 24.1 Å². The Morgan fingerprint density at radius 2 is 2.37 bits per heavy atom. The van der Waals surface area contributed by atoms with Gasteiger partial charge in [0.2, 0.25) is 5.88 Å². The van der Waals surface area contributed by atoms with Crippen LogP contribution in [0.5, 0.6) is 5.88 Å². The highest BCUT2D eigenvalue weighted by molar-refractivity contribution is 5.24. The quantitative estimate of drug-likeness (QED) is 0.872. The second-order valence-corrected chi connectivity index (χ2v) is 5.32. The minimum Gasteiger partial charge on any atom is -0.481 e. The van der Waals surface area contributed by atoms with Crippen molar-refractivity contribution in [3.63, 3.8) is 0 Å². The van der Waals surface area contributed by atoms with Gasteiger partial charge in [0.05, 0.1) is 32.0 Å². The first kappa shape index (κ1) is 14.2. The lowest BCUT2D eigenvalue weighted by Gasteiger charge is -2.36. The van der Waals surface area contributed by atoms with Crippen molar-refractivity contribution < 1.29 is 14.2 Å². The van der Waals surface area contributed by atoms with Crippen molar-refractivity contribution in [2.24, 2.45) is 0 Å². The molecule has 1 atom stereocenters. The zero-order chi connectivity index (χ0) is 13.7. The summed E-state index contributed by atoms with van der Waals surface area (Å²) in [7, 11) is 1.61. The van der Waals surface area contributed by atoms with Gasteiger partial charge in [-0.15, -0.1) is 0 Å². The number of nitrogens with one attached hydrogen (secondary N) is 1. The van der Waals surface area contributed by atoms with Gasteiger partial charge in [0.1, 0.15) is 0 Å². The summed E-state index contributed by atoms with van der Waals surface area (Å²) in [6, 6.07) is 3.83. The Morgan fingerprint density at radius 1 is 1.53 bits per heavy atom. The molecule has 1 aromatic rings. The molecular formula is C14H22N2O3. The molecule has 1 fully saturated rings. The molecule has 19 heavy (non-hydrogen) atoms. The molecule has 0 aromatic carbocycles. The summed E-state index contributed by atoms with van der Waals surface area (Å²) in [6.45, 7) is 6.91. The lowest BCUT2D eigenvalue weighted by molar-refractivity contribution is -0.122. The number of methoxy groups -OCH3 is 1. The van der Waals surface area contributed by atoms with Gasteiger partial charge in [-0.05, 0) is 26.0 Å². The molecule has 106 valence electrons. The molecule has 1 aromatic heterocycles. The topological polar surface area (TPSA) is 52.6 Å². The molecule has 1 unspecified atom stereocenters. The van der Waals surface area contributed by atoms with E-state index < -0.39 is 0 Å². The van der Waals surface area contributed by atoms with Crippen LogP contribution in [0.25, 0.3) is 0 Å². The van der Waals surface area contributed by atoms with E-state index in [1.165, 1.54) is 0 Å². The van der Waals surface area contributed by atoms with Crippen molar-refractivity contribution in [1.29, 1.82) is 0 Å². The maximum Gasteiger partial charge on any atom is 0.218 e. The minimum atomic E-state index is -0.127. The average molecular weight is 266 g/mol. The molecule has 5 heteroatoms. The lowest BCUT2D eigenvalue weighted by Crippen LogP contribution is -2.51. The van der Waals surface area contributed by atoms with E-state index in [-0.39, 0.29) is 11.7 Å². The van der Waals surface area contributed by atoms with Crippen LogP contribution in [0.1, 0.15) is 19.4 Å². The first-order valence-electron chi connectivity index (χ1n) is 6.55. The van der Waals surface area contributed by atoms with Crippen LogP contribution in [-0.4, -0.2) is 43.5 Å².